The molecule has 4 nitrogen and oxygen atoms in total. The molecule has 0 bridgehead atoms. The summed E-state index contributed by atoms with van der Waals surface area (Å²) in [6.45, 7) is 0.768. The molecule has 0 saturated heterocycles. The lowest BCUT2D eigenvalue weighted by Gasteiger charge is -2.38. The Kier molecular flexibility index (Phi) is 7.67. The van der Waals surface area contributed by atoms with Crippen LogP contribution in [0.3, 0.4) is 0 Å². The number of hydrogen-bond acceptors (Lipinski definition) is 3. The third-order valence-electron chi connectivity index (χ3n) is 13.2. The first kappa shape index (κ1) is 33.8. The van der Waals surface area contributed by atoms with Crippen molar-refractivity contribution >= 4 is 34.0 Å². The van der Waals surface area contributed by atoms with E-state index >= 15 is 0 Å². The Balaban J connectivity index is 0.972. The minimum atomic E-state index is -0.341. The summed E-state index contributed by atoms with van der Waals surface area (Å²) in [6, 6.07) is 64.8. The number of fused-ring (bicyclic) bond motifs is 8. The van der Waals surface area contributed by atoms with Gasteiger partial charge < -0.3 is 20.1 Å². The second-order valence-electron chi connectivity index (χ2n) is 16.1. The van der Waals surface area contributed by atoms with Gasteiger partial charge in [0, 0.05) is 34.2 Å². The van der Waals surface area contributed by atoms with Gasteiger partial charge in [0.05, 0.1) is 34.5 Å². The van der Waals surface area contributed by atoms with Gasteiger partial charge in [-0.15, -0.1) is 0 Å². The predicted molar refractivity (Wildman–Crippen MR) is 243 cm³/mol. The fourth-order valence-corrected chi connectivity index (χ4v) is 10.8. The van der Waals surface area contributed by atoms with Gasteiger partial charge in [-0.05, 0) is 87.6 Å². The molecule has 3 heterocycles. The van der Waals surface area contributed by atoms with Crippen molar-refractivity contribution in [3.63, 3.8) is 0 Å². The highest BCUT2D eigenvalue weighted by Gasteiger charge is 2.54. The lowest BCUT2D eigenvalue weighted by molar-refractivity contribution is 0.457. The zero-order valence-electron chi connectivity index (χ0n) is 32.5. The second-order valence-corrected chi connectivity index (χ2v) is 16.1. The molecule has 282 valence electrons. The Labute approximate surface area is 345 Å². The van der Waals surface area contributed by atoms with E-state index in [1.165, 1.54) is 78.2 Å². The van der Waals surface area contributed by atoms with Crippen molar-refractivity contribution < 1.29 is 0 Å². The Morgan fingerprint density at radius 3 is 1.95 bits per heavy atom. The molecule has 0 radical (unpaired) electrons. The van der Waals surface area contributed by atoms with Crippen molar-refractivity contribution in [3.8, 4) is 16.8 Å². The maximum absolute atomic E-state index is 3.78. The van der Waals surface area contributed by atoms with Crippen LogP contribution >= 0.6 is 0 Å². The van der Waals surface area contributed by atoms with E-state index in [2.05, 4.69) is 233 Å². The maximum Gasteiger partial charge on any atom is 0.130 e. The lowest BCUT2D eigenvalue weighted by atomic mass is 9.63. The molecule has 0 amide bonds. The molecule has 2 N–H and O–H groups in total. The van der Waals surface area contributed by atoms with Crippen LogP contribution in [0.1, 0.15) is 51.2 Å². The molecule has 3 atom stereocenters. The van der Waals surface area contributed by atoms with E-state index in [9.17, 15) is 0 Å². The zero-order valence-corrected chi connectivity index (χ0v) is 32.5. The third-order valence-corrected chi connectivity index (χ3v) is 13.2. The van der Waals surface area contributed by atoms with E-state index in [4.69, 9.17) is 0 Å². The predicted octanol–water partition coefficient (Wildman–Crippen LogP) is 12.8. The van der Waals surface area contributed by atoms with Crippen molar-refractivity contribution in [2.45, 2.75) is 24.0 Å². The fraction of sp³-hybridized carbons (Fsp3) is 0.0909. The smallest absolute Gasteiger partial charge is 0.130 e. The van der Waals surface area contributed by atoms with Gasteiger partial charge in [-0.2, -0.15) is 0 Å². The van der Waals surface area contributed by atoms with Gasteiger partial charge in [0.25, 0.3) is 0 Å². The molecule has 0 fully saturated rings. The first-order valence-corrected chi connectivity index (χ1v) is 20.8. The quantitative estimate of drug-likeness (QED) is 0.177. The van der Waals surface area contributed by atoms with Crippen molar-refractivity contribution in [1.29, 1.82) is 0 Å². The minimum Gasteiger partial charge on any atom is -0.385 e. The molecule has 7 aromatic carbocycles. The van der Waals surface area contributed by atoms with E-state index in [-0.39, 0.29) is 23.4 Å². The number of anilines is 3. The average molecular weight is 759 g/mol. The van der Waals surface area contributed by atoms with Crippen LogP contribution in [0.15, 0.2) is 206 Å². The van der Waals surface area contributed by atoms with Crippen LogP contribution in [0.4, 0.5) is 17.1 Å². The number of nitrogens with one attached hydrogen (secondary N) is 2. The molecule has 59 heavy (non-hydrogen) atoms. The molecule has 3 unspecified atom stereocenters. The third kappa shape index (κ3) is 5.02. The number of benzene rings is 7. The highest BCUT2D eigenvalue weighted by atomic mass is 15.3. The van der Waals surface area contributed by atoms with Crippen molar-refractivity contribution in [2.75, 3.05) is 10.2 Å². The average Bonchev–Trinajstić information content (AvgIpc) is 3.97. The summed E-state index contributed by atoms with van der Waals surface area (Å²) < 4.78 is 2.56. The first-order chi connectivity index (χ1) is 29.3. The number of hydrogen-bond donors (Lipinski definition) is 2. The Hall–Kier alpha value is -7.30. The summed E-state index contributed by atoms with van der Waals surface area (Å²) in [5.41, 5.74) is 17.4. The van der Waals surface area contributed by atoms with E-state index in [0.717, 1.165) is 12.2 Å². The van der Waals surface area contributed by atoms with Crippen LogP contribution < -0.4 is 15.5 Å². The lowest BCUT2D eigenvalue weighted by Crippen LogP contribution is -2.34. The summed E-state index contributed by atoms with van der Waals surface area (Å²) in [7, 11) is 0. The molecular formula is C55H42N4. The van der Waals surface area contributed by atoms with Gasteiger partial charge in [0.2, 0.25) is 0 Å². The highest BCUT2D eigenvalue weighted by molar-refractivity contribution is 5.98. The molecule has 0 spiro atoms. The zero-order chi connectivity index (χ0) is 38.9. The van der Waals surface area contributed by atoms with Gasteiger partial charge in [-0.25, -0.2) is 0 Å². The number of aromatic nitrogens is 1. The van der Waals surface area contributed by atoms with Crippen molar-refractivity contribution in [2.24, 2.45) is 5.92 Å². The maximum atomic E-state index is 3.78. The fourth-order valence-electron chi connectivity index (χ4n) is 10.8. The van der Waals surface area contributed by atoms with Gasteiger partial charge >= 0.3 is 0 Å². The first-order valence-electron chi connectivity index (χ1n) is 20.8. The number of para-hydroxylation sites is 3. The number of allylic oxidation sites excluding steroid dienone is 4. The summed E-state index contributed by atoms with van der Waals surface area (Å²) in [4.78, 5) is 2.40. The molecule has 8 aromatic rings. The molecule has 0 saturated carbocycles. The van der Waals surface area contributed by atoms with E-state index in [1.54, 1.807) is 0 Å². The van der Waals surface area contributed by atoms with Gasteiger partial charge in [0.15, 0.2) is 0 Å². The van der Waals surface area contributed by atoms with E-state index < -0.39 is 0 Å². The summed E-state index contributed by atoms with van der Waals surface area (Å²) in [5, 5.41) is 8.65. The van der Waals surface area contributed by atoms with Crippen LogP contribution in [0.25, 0.3) is 33.8 Å². The van der Waals surface area contributed by atoms with Crippen LogP contribution in [0.5, 0.6) is 0 Å². The van der Waals surface area contributed by atoms with Crippen LogP contribution in [-0.2, 0) is 12.0 Å². The van der Waals surface area contributed by atoms with Crippen LogP contribution in [0.2, 0.25) is 0 Å². The largest absolute Gasteiger partial charge is 0.385 e. The van der Waals surface area contributed by atoms with Crippen molar-refractivity contribution in [1.82, 2.24) is 9.88 Å². The van der Waals surface area contributed by atoms with Gasteiger partial charge in [-0.3, -0.25) is 0 Å². The summed E-state index contributed by atoms with van der Waals surface area (Å²) in [6.07, 6.45) is 13.8. The Morgan fingerprint density at radius 1 is 0.576 bits per heavy atom. The van der Waals surface area contributed by atoms with E-state index in [0.29, 0.717) is 0 Å². The topological polar surface area (TPSA) is 32.2 Å². The molecule has 12 rings (SSSR count). The van der Waals surface area contributed by atoms with E-state index in [1.807, 2.05) is 0 Å². The molecule has 4 heteroatoms. The highest BCUT2D eigenvalue weighted by Crippen LogP contribution is 2.61. The van der Waals surface area contributed by atoms with Crippen molar-refractivity contribution in [3.05, 3.63) is 246 Å². The monoisotopic (exact) mass is 758 g/mol. The second kappa shape index (κ2) is 13.4. The summed E-state index contributed by atoms with van der Waals surface area (Å²) in [5.74, 6) is 0.439. The number of nitrogens with zero attached hydrogens (tertiary/aromatic N) is 2. The normalized spacial score (nSPS) is 19.1. The molecule has 2 aliphatic carbocycles. The van der Waals surface area contributed by atoms with Crippen LogP contribution in [-0.4, -0.2) is 4.57 Å². The molecule has 4 aliphatic rings. The molecular weight excluding hydrogens is 717 g/mol. The standard InChI is InChI=1S/C55H42N4/c1-4-14-40(15-5-1)55(41-16-6-2-7-17-41)47-21-11-10-20-46(47)52-48(55)33-32-45-44-34-35-56-36-51(44)58(53(45)52)43-30-28-38(29-31-43)37-24-26-39(27-25-37)54-57-49-22-12-13-23-50(49)59(54)42-18-8-3-9-19-42/h1-35,46-47,54,56-57H,36H2. The molecule has 2 aliphatic heterocycles. The minimum absolute atomic E-state index is 0.000396. The van der Waals surface area contributed by atoms with Gasteiger partial charge in [0.1, 0.15) is 6.17 Å². The Morgan fingerprint density at radius 2 is 1.22 bits per heavy atom. The van der Waals surface area contributed by atoms with Gasteiger partial charge in [-0.1, -0.05) is 164 Å². The Bertz CT molecular complexity index is 2920. The molecule has 1 aromatic heterocycles. The SMILES string of the molecule is C1=CC2c3c(ccc4c5c(n(-c6ccc(-c7ccc(C8Nc9ccccc9N8c8ccccc8)cc7)cc6)c34)CNC=C5)C(c3ccccc3)(c3ccccc3)C2C=C1. The summed E-state index contributed by atoms with van der Waals surface area (Å²) >= 11 is 0. The van der Waals surface area contributed by atoms with Crippen LogP contribution in [0, 0.1) is 5.92 Å². The number of rotatable bonds is 6.